The van der Waals surface area contributed by atoms with Crippen LogP contribution in [0.25, 0.3) is 0 Å². The number of aliphatic carboxylic acids is 1. The molecule has 240 valence electrons. The number of carboxylic acids is 1. The molecule has 5 rings (SSSR count). The maximum atomic E-state index is 14.7. The molecule has 3 fully saturated rings. The van der Waals surface area contributed by atoms with Crippen LogP contribution in [-0.2, 0) is 14.4 Å². The SMILES string of the molecule is CNCCC1(C)C(=O)CCC23CCCCCC45CC(=O)C2=C(C(O)CC13)C4(C)C(O)CC5C(C)CC(O)C=C(C)C(=O)O. The lowest BCUT2D eigenvalue weighted by molar-refractivity contribution is -0.152. The molecule has 0 aromatic rings. The van der Waals surface area contributed by atoms with Gasteiger partial charge in [-0.05, 0) is 100 Å². The molecule has 0 heterocycles. The molecule has 0 radical (unpaired) electrons. The smallest absolute Gasteiger partial charge is 0.331 e. The lowest BCUT2D eigenvalue weighted by Crippen LogP contribution is -2.62. The zero-order valence-electron chi connectivity index (χ0n) is 26.7. The second-order valence-electron chi connectivity index (χ2n) is 15.3. The fourth-order valence-electron chi connectivity index (χ4n) is 11.2. The molecule has 2 bridgehead atoms. The van der Waals surface area contributed by atoms with Gasteiger partial charge in [0.1, 0.15) is 5.78 Å². The highest BCUT2D eigenvalue weighted by molar-refractivity contribution is 6.01. The summed E-state index contributed by atoms with van der Waals surface area (Å²) in [6.45, 7) is 8.35. The standard InChI is InChI=1S/C35H53NO7/c1-20(15-22(37)16-21(2)31(42)43)23-17-28(41)33(4)29-24(38)18-26-32(3,13-14-36-5)27(40)9-12-34(26)10-7-6-8-11-35(23,33)19-25(39)30(29)34/h16,20,22-24,26,28,36-38,41H,6-15,17-19H2,1-5H3,(H,42,43). The van der Waals surface area contributed by atoms with E-state index in [0.29, 0.717) is 51.5 Å². The van der Waals surface area contributed by atoms with E-state index in [9.17, 15) is 34.8 Å². The summed E-state index contributed by atoms with van der Waals surface area (Å²) in [6, 6.07) is 0. The maximum absolute atomic E-state index is 14.7. The molecule has 0 amide bonds. The van der Waals surface area contributed by atoms with Crippen molar-refractivity contribution in [2.24, 2.45) is 39.4 Å². The third kappa shape index (κ3) is 4.72. The quantitative estimate of drug-likeness (QED) is 0.259. The largest absolute Gasteiger partial charge is 0.478 e. The highest BCUT2D eigenvalue weighted by Gasteiger charge is 2.72. The van der Waals surface area contributed by atoms with E-state index in [1.54, 1.807) is 0 Å². The number of rotatable bonds is 8. The molecular formula is C35H53NO7. The molecule has 5 aliphatic rings. The van der Waals surface area contributed by atoms with E-state index in [-0.39, 0.29) is 34.9 Å². The molecule has 5 aliphatic carbocycles. The van der Waals surface area contributed by atoms with Crippen molar-refractivity contribution in [3.05, 3.63) is 22.8 Å². The summed E-state index contributed by atoms with van der Waals surface area (Å²) in [6.07, 6.45) is 6.51. The average molecular weight is 600 g/mol. The van der Waals surface area contributed by atoms with E-state index in [4.69, 9.17) is 0 Å². The Labute approximate surface area is 256 Å². The number of carboxylic acid groups (broad SMARTS) is 1. The van der Waals surface area contributed by atoms with Gasteiger partial charge in [0.15, 0.2) is 5.78 Å². The van der Waals surface area contributed by atoms with Crippen molar-refractivity contribution in [1.29, 1.82) is 0 Å². The molecule has 3 saturated carbocycles. The summed E-state index contributed by atoms with van der Waals surface area (Å²) in [5, 5.41) is 47.5. The minimum absolute atomic E-state index is 0.0761. The molecule has 0 aromatic carbocycles. The second kappa shape index (κ2) is 11.5. The Hall–Kier alpha value is -1.87. The summed E-state index contributed by atoms with van der Waals surface area (Å²) < 4.78 is 0. The molecule has 0 aliphatic heterocycles. The van der Waals surface area contributed by atoms with Gasteiger partial charge in [-0.1, -0.05) is 40.0 Å². The van der Waals surface area contributed by atoms with E-state index in [0.717, 1.165) is 43.3 Å². The van der Waals surface area contributed by atoms with Crippen molar-refractivity contribution in [2.75, 3.05) is 13.6 Å². The summed E-state index contributed by atoms with van der Waals surface area (Å²) in [5.74, 6) is -1.04. The predicted molar refractivity (Wildman–Crippen MR) is 163 cm³/mol. The van der Waals surface area contributed by atoms with Gasteiger partial charge in [-0.15, -0.1) is 0 Å². The van der Waals surface area contributed by atoms with Crippen molar-refractivity contribution >= 4 is 17.5 Å². The number of hydrogen-bond donors (Lipinski definition) is 5. The van der Waals surface area contributed by atoms with Crippen molar-refractivity contribution in [2.45, 2.75) is 123 Å². The normalized spacial score (nSPS) is 42.8. The minimum atomic E-state index is -1.07. The average Bonchev–Trinajstić information content (AvgIpc) is 3.17. The van der Waals surface area contributed by atoms with E-state index < -0.39 is 45.9 Å². The molecule has 43 heavy (non-hydrogen) atoms. The van der Waals surface area contributed by atoms with E-state index in [1.165, 1.54) is 13.0 Å². The van der Waals surface area contributed by atoms with Crippen LogP contribution in [-0.4, -0.2) is 69.9 Å². The molecule has 10 atom stereocenters. The zero-order chi connectivity index (χ0) is 31.5. The van der Waals surface area contributed by atoms with Crippen LogP contribution in [0.4, 0.5) is 0 Å². The van der Waals surface area contributed by atoms with E-state index in [2.05, 4.69) is 19.2 Å². The van der Waals surface area contributed by atoms with Gasteiger partial charge < -0.3 is 25.7 Å². The van der Waals surface area contributed by atoms with Gasteiger partial charge in [-0.25, -0.2) is 4.79 Å². The van der Waals surface area contributed by atoms with Gasteiger partial charge in [0.05, 0.1) is 18.3 Å². The van der Waals surface area contributed by atoms with E-state index >= 15 is 0 Å². The molecule has 2 spiro atoms. The first kappa shape index (κ1) is 32.5. The third-order valence-electron chi connectivity index (χ3n) is 13.4. The minimum Gasteiger partial charge on any atom is -0.478 e. The van der Waals surface area contributed by atoms with Gasteiger partial charge in [0.2, 0.25) is 0 Å². The molecule has 8 nitrogen and oxygen atoms in total. The van der Waals surface area contributed by atoms with Crippen LogP contribution in [0.1, 0.15) is 105 Å². The number of aliphatic hydroxyl groups is 3. The number of ketones is 2. The van der Waals surface area contributed by atoms with Crippen LogP contribution < -0.4 is 5.32 Å². The van der Waals surface area contributed by atoms with Gasteiger partial charge in [0, 0.05) is 40.2 Å². The number of fused-ring (bicyclic) bond motifs is 2. The van der Waals surface area contributed by atoms with Crippen LogP contribution in [0, 0.1) is 39.4 Å². The van der Waals surface area contributed by atoms with Gasteiger partial charge in [0.25, 0.3) is 0 Å². The van der Waals surface area contributed by atoms with Gasteiger partial charge >= 0.3 is 5.97 Å². The highest BCUT2D eigenvalue weighted by atomic mass is 16.4. The van der Waals surface area contributed by atoms with Crippen LogP contribution in [0.15, 0.2) is 22.8 Å². The van der Waals surface area contributed by atoms with Crippen molar-refractivity contribution in [3.63, 3.8) is 0 Å². The Kier molecular flexibility index (Phi) is 8.69. The molecule has 5 N–H and O–H groups in total. The topological polar surface area (TPSA) is 144 Å². The number of carbonyl (C=O) groups is 3. The Morgan fingerprint density at radius 1 is 1.09 bits per heavy atom. The fraction of sp³-hybridized carbons (Fsp3) is 0.800. The molecule has 8 heteroatoms. The number of aliphatic hydroxyl groups excluding tert-OH is 3. The Morgan fingerprint density at radius 2 is 1.79 bits per heavy atom. The number of carbonyl (C=O) groups excluding carboxylic acids is 2. The van der Waals surface area contributed by atoms with Crippen molar-refractivity contribution in [1.82, 2.24) is 5.32 Å². The van der Waals surface area contributed by atoms with Crippen LogP contribution in [0.2, 0.25) is 0 Å². The third-order valence-corrected chi connectivity index (χ3v) is 13.4. The molecular weight excluding hydrogens is 546 g/mol. The Balaban J connectivity index is 1.64. The summed E-state index contributed by atoms with van der Waals surface area (Å²) in [7, 11) is 1.89. The monoisotopic (exact) mass is 599 g/mol. The molecule has 10 unspecified atom stereocenters. The Bertz CT molecular complexity index is 1220. The maximum Gasteiger partial charge on any atom is 0.331 e. The first-order chi connectivity index (χ1) is 20.2. The molecule has 0 saturated heterocycles. The van der Waals surface area contributed by atoms with Gasteiger partial charge in [-0.3, -0.25) is 9.59 Å². The second-order valence-corrected chi connectivity index (χ2v) is 15.3. The first-order valence-electron chi connectivity index (χ1n) is 16.6. The van der Waals surface area contributed by atoms with Crippen LogP contribution in [0.3, 0.4) is 0 Å². The number of nitrogens with one attached hydrogen (secondary N) is 1. The fourth-order valence-corrected chi connectivity index (χ4v) is 11.2. The van der Waals surface area contributed by atoms with Gasteiger partial charge in [-0.2, -0.15) is 0 Å². The van der Waals surface area contributed by atoms with Crippen LogP contribution in [0.5, 0.6) is 0 Å². The first-order valence-corrected chi connectivity index (χ1v) is 16.6. The number of hydrogen-bond acceptors (Lipinski definition) is 7. The predicted octanol–water partition coefficient (Wildman–Crippen LogP) is 4.36. The lowest BCUT2D eigenvalue weighted by atomic mass is 9.39. The zero-order valence-corrected chi connectivity index (χ0v) is 26.7. The van der Waals surface area contributed by atoms with Crippen LogP contribution >= 0.6 is 0 Å². The number of allylic oxidation sites excluding steroid dienone is 1. The summed E-state index contributed by atoms with van der Waals surface area (Å²) in [4.78, 5) is 39.7. The lowest BCUT2D eigenvalue weighted by Gasteiger charge is -2.63. The Morgan fingerprint density at radius 3 is 2.47 bits per heavy atom. The van der Waals surface area contributed by atoms with Crippen molar-refractivity contribution in [3.8, 4) is 0 Å². The number of Topliss-reactive ketones (excluding diaryl/α,β-unsaturated/α-hetero) is 2. The van der Waals surface area contributed by atoms with Crippen molar-refractivity contribution < 1.29 is 34.8 Å². The van der Waals surface area contributed by atoms with E-state index in [1.807, 2.05) is 14.0 Å². The summed E-state index contributed by atoms with van der Waals surface area (Å²) in [5.41, 5.74) is -0.905. The highest BCUT2D eigenvalue weighted by Crippen LogP contribution is 2.74. The summed E-state index contributed by atoms with van der Waals surface area (Å²) >= 11 is 0. The molecule has 0 aromatic heterocycles.